The first-order chi connectivity index (χ1) is 8.15. The Kier molecular flexibility index (Phi) is 5.45. The summed E-state index contributed by atoms with van der Waals surface area (Å²) in [5.41, 5.74) is 6.92. The van der Waals surface area contributed by atoms with Crippen LogP contribution in [0.25, 0.3) is 0 Å². The molecule has 0 spiro atoms. The molecule has 0 fully saturated rings. The lowest BCUT2D eigenvalue weighted by atomic mass is 10.3. The SMILES string of the molecule is CCN(CCO)CC(=O)Nc1cccc(N)c1. The number of aliphatic hydroxyl groups is 1. The predicted octanol–water partition coefficient (Wildman–Crippen LogP) is 0.521. The highest BCUT2D eigenvalue weighted by atomic mass is 16.3. The standard InChI is InChI=1S/C12H19N3O2/c1-2-15(6-7-16)9-12(17)14-11-5-3-4-10(13)8-11/h3-5,8,16H,2,6-7,9,13H2,1H3,(H,14,17). The number of nitrogens with one attached hydrogen (secondary N) is 1. The van der Waals surface area contributed by atoms with Crippen LogP contribution in [-0.2, 0) is 4.79 Å². The van der Waals surface area contributed by atoms with Crippen molar-refractivity contribution in [2.24, 2.45) is 0 Å². The van der Waals surface area contributed by atoms with Crippen LogP contribution in [0.2, 0.25) is 0 Å². The van der Waals surface area contributed by atoms with Crippen LogP contribution in [0.3, 0.4) is 0 Å². The van der Waals surface area contributed by atoms with E-state index in [4.69, 9.17) is 10.8 Å². The maximum Gasteiger partial charge on any atom is 0.238 e. The van der Waals surface area contributed by atoms with E-state index in [2.05, 4.69) is 5.32 Å². The molecule has 0 heterocycles. The smallest absolute Gasteiger partial charge is 0.238 e. The second-order valence-electron chi connectivity index (χ2n) is 3.77. The molecule has 5 heteroatoms. The summed E-state index contributed by atoms with van der Waals surface area (Å²) in [6, 6.07) is 7.05. The van der Waals surface area contributed by atoms with Crippen molar-refractivity contribution in [2.75, 3.05) is 37.3 Å². The largest absolute Gasteiger partial charge is 0.399 e. The Hall–Kier alpha value is -1.59. The maximum absolute atomic E-state index is 11.7. The molecule has 0 saturated heterocycles. The van der Waals surface area contributed by atoms with Gasteiger partial charge in [0.25, 0.3) is 0 Å². The van der Waals surface area contributed by atoms with Crippen molar-refractivity contribution in [3.8, 4) is 0 Å². The lowest BCUT2D eigenvalue weighted by molar-refractivity contribution is -0.117. The van der Waals surface area contributed by atoms with Crippen molar-refractivity contribution >= 4 is 17.3 Å². The van der Waals surface area contributed by atoms with Gasteiger partial charge in [-0.3, -0.25) is 9.69 Å². The molecule has 17 heavy (non-hydrogen) atoms. The van der Waals surface area contributed by atoms with E-state index in [1.54, 1.807) is 24.3 Å². The summed E-state index contributed by atoms with van der Waals surface area (Å²) < 4.78 is 0. The Bertz CT molecular complexity index is 369. The summed E-state index contributed by atoms with van der Waals surface area (Å²) in [4.78, 5) is 13.6. The molecule has 1 rings (SSSR count). The minimum Gasteiger partial charge on any atom is -0.399 e. The van der Waals surface area contributed by atoms with E-state index in [0.29, 0.717) is 17.9 Å². The van der Waals surface area contributed by atoms with Gasteiger partial charge in [0.1, 0.15) is 0 Å². The van der Waals surface area contributed by atoms with Crippen molar-refractivity contribution in [1.82, 2.24) is 4.90 Å². The molecule has 1 aromatic rings. The maximum atomic E-state index is 11.7. The second kappa shape index (κ2) is 6.88. The first-order valence-corrected chi connectivity index (χ1v) is 5.64. The molecule has 0 aliphatic carbocycles. The van der Waals surface area contributed by atoms with Crippen LogP contribution in [0.4, 0.5) is 11.4 Å². The van der Waals surface area contributed by atoms with Gasteiger partial charge >= 0.3 is 0 Å². The zero-order valence-electron chi connectivity index (χ0n) is 10.0. The highest BCUT2D eigenvalue weighted by Crippen LogP contribution is 2.11. The number of nitrogens with two attached hydrogens (primary N) is 1. The van der Waals surface area contributed by atoms with Gasteiger partial charge in [-0.1, -0.05) is 13.0 Å². The number of anilines is 2. The third-order valence-electron chi connectivity index (χ3n) is 2.40. The number of nitrogen functional groups attached to an aromatic ring is 1. The fourth-order valence-electron chi connectivity index (χ4n) is 1.51. The van der Waals surface area contributed by atoms with Crippen molar-refractivity contribution in [3.05, 3.63) is 24.3 Å². The summed E-state index contributed by atoms with van der Waals surface area (Å²) in [6.45, 7) is 3.50. The quantitative estimate of drug-likeness (QED) is 0.630. The molecule has 0 atom stereocenters. The van der Waals surface area contributed by atoms with Crippen molar-refractivity contribution in [1.29, 1.82) is 0 Å². The van der Waals surface area contributed by atoms with Crippen molar-refractivity contribution in [2.45, 2.75) is 6.92 Å². The molecule has 0 aromatic heterocycles. The molecular formula is C12H19N3O2. The van der Waals surface area contributed by atoms with Gasteiger partial charge in [-0.25, -0.2) is 0 Å². The number of benzene rings is 1. The zero-order chi connectivity index (χ0) is 12.7. The van der Waals surface area contributed by atoms with Gasteiger partial charge < -0.3 is 16.2 Å². The van der Waals surface area contributed by atoms with Gasteiger partial charge in [-0.2, -0.15) is 0 Å². The first kappa shape index (κ1) is 13.5. The van der Waals surface area contributed by atoms with E-state index < -0.39 is 0 Å². The van der Waals surface area contributed by atoms with E-state index >= 15 is 0 Å². The number of rotatable bonds is 6. The van der Waals surface area contributed by atoms with Crippen LogP contribution in [0.1, 0.15) is 6.92 Å². The minimum atomic E-state index is -0.106. The molecule has 5 nitrogen and oxygen atoms in total. The zero-order valence-corrected chi connectivity index (χ0v) is 10.0. The Balaban J connectivity index is 2.49. The fraction of sp³-hybridized carbons (Fsp3) is 0.417. The second-order valence-corrected chi connectivity index (χ2v) is 3.77. The molecule has 0 unspecified atom stereocenters. The van der Waals surface area contributed by atoms with E-state index in [1.165, 1.54) is 0 Å². The van der Waals surface area contributed by atoms with Crippen LogP contribution >= 0.6 is 0 Å². The molecule has 0 aliphatic heterocycles. The number of nitrogens with zero attached hydrogens (tertiary/aromatic N) is 1. The van der Waals surface area contributed by atoms with Crippen LogP contribution in [-0.4, -0.2) is 42.2 Å². The summed E-state index contributed by atoms with van der Waals surface area (Å²) >= 11 is 0. The van der Waals surface area contributed by atoms with E-state index in [0.717, 1.165) is 6.54 Å². The van der Waals surface area contributed by atoms with Crippen LogP contribution in [0.15, 0.2) is 24.3 Å². The van der Waals surface area contributed by atoms with Gasteiger partial charge in [0, 0.05) is 17.9 Å². The molecule has 0 aliphatic rings. The van der Waals surface area contributed by atoms with Gasteiger partial charge in [-0.05, 0) is 24.7 Å². The number of hydrogen-bond donors (Lipinski definition) is 3. The number of amides is 1. The topological polar surface area (TPSA) is 78.6 Å². The molecule has 0 bridgehead atoms. The predicted molar refractivity (Wildman–Crippen MR) is 68.7 cm³/mol. The molecule has 94 valence electrons. The molecular weight excluding hydrogens is 218 g/mol. The Morgan fingerprint density at radius 1 is 1.53 bits per heavy atom. The van der Waals surface area contributed by atoms with Gasteiger partial charge in [0.15, 0.2) is 0 Å². The fourth-order valence-corrected chi connectivity index (χ4v) is 1.51. The van der Waals surface area contributed by atoms with Gasteiger partial charge in [-0.15, -0.1) is 0 Å². The van der Waals surface area contributed by atoms with Crippen LogP contribution in [0, 0.1) is 0 Å². The van der Waals surface area contributed by atoms with Gasteiger partial charge in [0.2, 0.25) is 5.91 Å². The summed E-state index contributed by atoms with van der Waals surface area (Å²) in [7, 11) is 0. The molecule has 0 saturated carbocycles. The molecule has 1 amide bonds. The van der Waals surface area contributed by atoms with Crippen LogP contribution in [0.5, 0.6) is 0 Å². The first-order valence-electron chi connectivity index (χ1n) is 5.64. The summed E-state index contributed by atoms with van der Waals surface area (Å²) in [5.74, 6) is -0.106. The van der Waals surface area contributed by atoms with E-state index in [9.17, 15) is 4.79 Å². The number of carbonyl (C=O) groups excluding carboxylic acids is 1. The normalized spacial score (nSPS) is 10.5. The average Bonchev–Trinajstić information content (AvgIpc) is 2.28. The van der Waals surface area contributed by atoms with E-state index in [-0.39, 0.29) is 19.1 Å². The number of hydrogen-bond acceptors (Lipinski definition) is 4. The number of likely N-dealkylation sites (N-methyl/N-ethyl adjacent to an activating group) is 1. The van der Waals surface area contributed by atoms with Gasteiger partial charge in [0.05, 0.1) is 13.2 Å². The summed E-state index contributed by atoms with van der Waals surface area (Å²) in [6.07, 6.45) is 0. The number of carbonyl (C=O) groups is 1. The van der Waals surface area contributed by atoms with Crippen LogP contribution < -0.4 is 11.1 Å². The third kappa shape index (κ3) is 4.84. The Labute approximate surface area is 101 Å². The Morgan fingerprint density at radius 2 is 2.29 bits per heavy atom. The average molecular weight is 237 g/mol. The monoisotopic (exact) mass is 237 g/mol. The highest BCUT2D eigenvalue weighted by molar-refractivity contribution is 5.92. The van der Waals surface area contributed by atoms with Crippen molar-refractivity contribution in [3.63, 3.8) is 0 Å². The Morgan fingerprint density at radius 3 is 2.88 bits per heavy atom. The molecule has 1 aromatic carbocycles. The van der Waals surface area contributed by atoms with E-state index in [1.807, 2.05) is 11.8 Å². The minimum absolute atomic E-state index is 0.0550. The lowest BCUT2D eigenvalue weighted by Gasteiger charge is -2.18. The number of aliphatic hydroxyl groups excluding tert-OH is 1. The molecule has 4 N–H and O–H groups in total. The lowest BCUT2D eigenvalue weighted by Crippen LogP contribution is -2.35. The summed E-state index contributed by atoms with van der Waals surface area (Å²) in [5, 5.41) is 11.6. The molecule has 0 radical (unpaired) electrons. The highest BCUT2D eigenvalue weighted by Gasteiger charge is 2.08. The third-order valence-corrected chi connectivity index (χ3v) is 2.40. The van der Waals surface area contributed by atoms with Crippen molar-refractivity contribution < 1.29 is 9.90 Å².